The van der Waals surface area contributed by atoms with Gasteiger partial charge in [0.05, 0.1) is 13.2 Å². The van der Waals surface area contributed by atoms with Crippen molar-refractivity contribution in [3.05, 3.63) is 52.2 Å². The lowest BCUT2D eigenvalue weighted by Gasteiger charge is -2.32. The van der Waals surface area contributed by atoms with Crippen LogP contribution in [0, 0.1) is 0 Å². The fourth-order valence-electron chi connectivity index (χ4n) is 4.33. The molecule has 2 aromatic rings. The van der Waals surface area contributed by atoms with Gasteiger partial charge in [0.1, 0.15) is 5.82 Å². The molecule has 2 aliphatic rings. The molecule has 0 radical (unpaired) electrons. The summed E-state index contributed by atoms with van der Waals surface area (Å²) in [6.07, 6.45) is 5.80. The zero-order chi connectivity index (χ0) is 21.6. The van der Waals surface area contributed by atoms with Crippen molar-refractivity contribution in [3.8, 4) is 0 Å². The van der Waals surface area contributed by atoms with E-state index in [4.69, 9.17) is 4.74 Å². The number of urea groups is 1. The lowest BCUT2D eigenvalue weighted by molar-refractivity contribution is 0.176. The van der Waals surface area contributed by atoms with Crippen LogP contribution in [0.25, 0.3) is 0 Å². The van der Waals surface area contributed by atoms with Crippen molar-refractivity contribution in [2.45, 2.75) is 57.0 Å². The SMILES string of the molecule is COCCn1nc(C2CCCN(C(=O)NCCCc3ccccc3)C2)n(C2CC2)c1=O. The minimum atomic E-state index is -0.0444. The average Bonchev–Trinajstić information content (AvgIpc) is 3.59. The molecule has 0 bridgehead atoms. The second kappa shape index (κ2) is 10.1. The van der Waals surface area contributed by atoms with Crippen LogP contribution in [0.2, 0.25) is 0 Å². The third-order valence-electron chi connectivity index (χ3n) is 6.15. The Bertz CT molecular complexity index is 919. The first-order valence-corrected chi connectivity index (χ1v) is 11.4. The van der Waals surface area contributed by atoms with E-state index < -0.39 is 0 Å². The van der Waals surface area contributed by atoms with E-state index >= 15 is 0 Å². The van der Waals surface area contributed by atoms with Gasteiger partial charge in [-0.15, -0.1) is 0 Å². The standard InChI is InChI=1S/C23H33N5O3/c1-31-16-15-27-23(30)28(20-11-12-20)21(25-27)19-10-6-14-26(17-19)22(29)24-13-5-9-18-7-3-2-4-8-18/h2-4,7-8,19-20H,5-6,9-17H2,1H3,(H,24,29). The van der Waals surface area contributed by atoms with Gasteiger partial charge >= 0.3 is 11.7 Å². The van der Waals surface area contributed by atoms with E-state index in [0.717, 1.165) is 50.9 Å². The fourth-order valence-corrected chi connectivity index (χ4v) is 4.33. The van der Waals surface area contributed by atoms with Crippen molar-refractivity contribution in [2.24, 2.45) is 0 Å². The van der Waals surface area contributed by atoms with Crippen LogP contribution in [-0.4, -0.2) is 58.6 Å². The van der Waals surface area contributed by atoms with E-state index in [1.54, 1.807) is 7.11 Å². The summed E-state index contributed by atoms with van der Waals surface area (Å²) in [4.78, 5) is 27.5. The highest BCUT2D eigenvalue weighted by Crippen LogP contribution is 2.37. The highest BCUT2D eigenvalue weighted by Gasteiger charge is 2.35. The smallest absolute Gasteiger partial charge is 0.346 e. The molecule has 0 spiro atoms. The van der Waals surface area contributed by atoms with E-state index in [1.165, 1.54) is 10.2 Å². The van der Waals surface area contributed by atoms with Crippen LogP contribution in [0.1, 0.15) is 55.5 Å². The molecule has 1 saturated heterocycles. The maximum Gasteiger partial charge on any atom is 0.346 e. The molecule has 1 aliphatic heterocycles. The largest absolute Gasteiger partial charge is 0.383 e. The average molecular weight is 428 g/mol. The Hall–Kier alpha value is -2.61. The number of ether oxygens (including phenoxy) is 1. The maximum atomic E-state index is 12.8. The highest BCUT2D eigenvalue weighted by atomic mass is 16.5. The topological polar surface area (TPSA) is 81.4 Å². The number of likely N-dealkylation sites (tertiary alicyclic amines) is 1. The van der Waals surface area contributed by atoms with Gasteiger partial charge in [-0.3, -0.25) is 4.57 Å². The van der Waals surface area contributed by atoms with E-state index in [-0.39, 0.29) is 23.7 Å². The molecule has 1 aromatic heterocycles. The molecule has 1 N–H and O–H groups in total. The summed E-state index contributed by atoms with van der Waals surface area (Å²) in [5.74, 6) is 0.936. The molecule has 4 rings (SSSR count). The number of benzene rings is 1. The molecular weight excluding hydrogens is 394 g/mol. The minimum absolute atomic E-state index is 0.0168. The number of carbonyl (C=O) groups excluding carboxylic acids is 1. The molecule has 1 unspecified atom stereocenters. The Kier molecular flexibility index (Phi) is 7.06. The number of nitrogens with zero attached hydrogens (tertiary/aromatic N) is 4. The number of aromatic nitrogens is 3. The lowest BCUT2D eigenvalue weighted by atomic mass is 9.97. The molecule has 2 amide bonds. The van der Waals surface area contributed by atoms with E-state index in [1.807, 2.05) is 27.7 Å². The number of aryl methyl sites for hydroxylation is 1. The van der Waals surface area contributed by atoms with E-state index in [9.17, 15) is 9.59 Å². The summed E-state index contributed by atoms with van der Waals surface area (Å²) in [5, 5.41) is 7.73. The van der Waals surface area contributed by atoms with Gasteiger partial charge in [-0.2, -0.15) is 5.10 Å². The van der Waals surface area contributed by atoms with Gasteiger partial charge in [-0.1, -0.05) is 30.3 Å². The Morgan fingerprint density at radius 1 is 1.23 bits per heavy atom. The number of rotatable bonds is 9. The maximum absolute atomic E-state index is 12.8. The molecule has 8 nitrogen and oxygen atoms in total. The Balaban J connectivity index is 1.35. The Morgan fingerprint density at radius 3 is 2.77 bits per heavy atom. The molecule has 1 atom stereocenters. The van der Waals surface area contributed by atoms with Gasteiger partial charge in [0.15, 0.2) is 0 Å². The second-order valence-corrected chi connectivity index (χ2v) is 8.56. The zero-order valence-corrected chi connectivity index (χ0v) is 18.3. The summed E-state index contributed by atoms with van der Waals surface area (Å²) < 4.78 is 8.53. The molecule has 1 aliphatic carbocycles. The van der Waals surface area contributed by atoms with Crippen LogP contribution < -0.4 is 11.0 Å². The normalized spacial score (nSPS) is 18.9. The minimum Gasteiger partial charge on any atom is -0.383 e. The van der Waals surface area contributed by atoms with Gasteiger partial charge in [0, 0.05) is 38.7 Å². The fraction of sp³-hybridized carbons (Fsp3) is 0.609. The quantitative estimate of drug-likeness (QED) is 0.624. The highest BCUT2D eigenvalue weighted by molar-refractivity contribution is 5.74. The molecule has 2 heterocycles. The number of piperidine rings is 1. The Morgan fingerprint density at radius 2 is 2.03 bits per heavy atom. The van der Waals surface area contributed by atoms with Crippen molar-refractivity contribution >= 4 is 6.03 Å². The first-order valence-electron chi connectivity index (χ1n) is 11.4. The van der Waals surface area contributed by atoms with Crippen LogP contribution in [0.3, 0.4) is 0 Å². The van der Waals surface area contributed by atoms with Gasteiger partial charge < -0.3 is 15.0 Å². The van der Waals surface area contributed by atoms with Crippen LogP contribution in [0.4, 0.5) is 4.79 Å². The van der Waals surface area contributed by atoms with Gasteiger partial charge in [0.2, 0.25) is 0 Å². The van der Waals surface area contributed by atoms with Crippen LogP contribution in [0.5, 0.6) is 0 Å². The molecule has 1 aromatic carbocycles. The zero-order valence-electron chi connectivity index (χ0n) is 18.3. The van der Waals surface area contributed by atoms with Crippen LogP contribution in [0.15, 0.2) is 35.1 Å². The summed E-state index contributed by atoms with van der Waals surface area (Å²) in [5.41, 5.74) is 1.24. The monoisotopic (exact) mass is 427 g/mol. The van der Waals surface area contributed by atoms with Crippen molar-refractivity contribution in [1.29, 1.82) is 0 Å². The van der Waals surface area contributed by atoms with Gasteiger partial charge in [-0.05, 0) is 44.1 Å². The Labute approximate surface area is 183 Å². The molecule has 2 fully saturated rings. The van der Waals surface area contributed by atoms with Crippen molar-refractivity contribution in [1.82, 2.24) is 24.6 Å². The van der Waals surface area contributed by atoms with Crippen molar-refractivity contribution in [3.63, 3.8) is 0 Å². The number of methoxy groups -OCH3 is 1. The predicted molar refractivity (Wildman–Crippen MR) is 118 cm³/mol. The van der Waals surface area contributed by atoms with Crippen LogP contribution >= 0.6 is 0 Å². The van der Waals surface area contributed by atoms with E-state index in [2.05, 4.69) is 22.5 Å². The van der Waals surface area contributed by atoms with Gasteiger partial charge in [-0.25, -0.2) is 14.3 Å². The van der Waals surface area contributed by atoms with Crippen molar-refractivity contribution in [2.75, 3.05) is 33.4 Å². The third-order valence-corrected chi connectivity index (χ3v) is 6.15. The first kappa shape index (κ1) is 21.6. The summed E-state index contributed by atoms with van der Waals surface area (Å²) in [7, 11) is 1.63. The second-order valence-electron chi connectivity index (χ2n) is 8.56. The molecule has 31 heavy (non-hydrogen) atoms. The number of hydrogen-bond acceptors (Lipinski definition) is 4. The van der Waals surface area contributed by atoms with Crippen molar-refractivity contribution < 1.29 is 9.53 Å². The van der Waals surface area contributed by atoms with Crippen LogP contribution in [-0.2, 0) is 17.7 Å². The number of nitrogens with one attached hydrogen (secondary N) is 1. The summed E-state index contributed by atoms with van der Waals surface area (Å²) in [6.45, 7) is 2.94. The number of carbonyl (C=O) groups is 1. The predicted octanol–water partition coefficient (Wildman–Crippen LogP) is 2.55. The third kappa shape index (κ3) is 5.36. The molecule has 1 saturated carbocycles. The summed E-state index contributed by atoms with van der Waals surface area (Å²) >= 11 is 0. The number of hydrogen-bond donors (Lipinski definition) is 1. The molecular formula is C23H33N5O3. The van der Waals surface area contributed by atoms with Gasteiger partial charge in [0.25, 0.3) is 0 Å². The summed E-state index contributed by atoms with van der Waals surface area (Å²) in [6, 6.07) is 10.6. The molecule has 168 valence electrons. The number of amides is 2. The first-order chi connectivity index (χ1) is 15.2. The van der Waals surface area contributed by atoms with E-state index in [0.29, 0.717) is 26.2 Å². The molecule has 8 heteroatoms. The lowest BCUT2D eigenvalue weighted by Crippen LogP contribution is -2.45.